The third kappa shape index (κ3) is 8.12. The van der Waals surface area contributed by atoms with Crippen LogP contribution in [0.25, 0.3) is 0 Å². The van der Waals surface area contributed by atoms with Crippen LogP contribution >= 0.6 is 35.0 Å². The summed E-state index contributed by atoms with van der Waals surface area (Å²) < 4.78 is 11.2. The van der Waals surface area contributed by atoms with Crippen LogP contribution in [0.3, 0.4) is 0 Å². The van der Waals surface area contributed by atoms with E-state index in [1.807, 2.05) is 24.3 Å². The van der Waals surface area contributed by atoms with Crippen molar-refractivity contribution in [2.75, 3.05) is 13.7 Å². The summed E-state index contributed by atoms with van der Waals surface area (Å²) in [5, 5.41) is 10.3. The van der Waals surface area contributed by atoms with Gasteiger partial charge >= 0.3 is 5.97 Å². The summed E-state index contributed by atoms with van der Waals surface area (Å²) in [6.45, 7) is 0.543. The van der Waals surface area contributed by atoms with Crippen molar-refractivity contribution < 1.29 is 19.4 Å². The van der Waals surface area contributed by atoms with Gasteiger partial charge < -0.3 is 14.6 Å². The smallest absolute Gasteiger partial charge is 0.303 e. The molecule has 0 aliphatic carbocycles. The number of aryl methyl sites for hydroxylation is 2. The molecule has 2 aromatic carbocycles. The highest BCUT2D eigenvalue weighted by Gasteiger charge is 2.12. The summed E-state index contributed by atoms with van der Waals surface area (Å²) >= 11 is 14.0. The molecule has 0 unspecified atom stereocenters. The van der Waals surface area contributed by atoms with E-state index in [1.54, 1.807) is 25.3 Å². The molecule has 0 aliphatic heterocycles. The molecule has 8 heteroatoms. The van der Waals surface area contributed by atoms with Gasteiger partial charge in [-0.3, -0.25) is 9.78 Å². The van der Waals surface area contributed by atoms with Crippen LogP contribution in [0.5, 0.6) is 11.5 Å². The number of rotatable bonds is 13. The Labute approximate surface area is 214 Å². The predicted octanol–water partition coefficient (Wildman–Crippen LogP) is 7.11. The van der Waals surface area contributed by atoms with E-state index in [4.69, 9.17) is 37.8 Å². The topological polar surface area (TPSA) is 68.7 Å². The summed E-state index contributed by atoms with van der Waals surface area (Å²) in [5.41, 5.74) is 2.72. The summed E-state index contributed by atoms with van der Waals surface area (Å²) in [7, 11) is 1.66. The van der Waals surface area contributed by atoms with Gasteiger partial charge in [0, 0.05) is 17.1 Å². The average molecular weight is 520 g/mol. The molecule has 0 radical (unpaired) electrons. The average Bonchev–Trinajstić information content (AvgIpc) is 2.83. The van der Waals surface area contributed by atoms with Crippen molar-refractivity contribution >= 4 is 40.9 Å². The second-order valence-electron chi connectivity index (χ2n) is 7.63. The standard InChI is InChI=1S/C26H27Cl2NO4S/c1-32-20-11-8-18(9-12-20)5-2-3-16-33-24-14-10-19(29-23(24)13-15-25(30)31)17-34-26-21(27)6-4-7-22(26)28/h4,6-12,14H,2-3,5,13,15-17H2,1H3,(H,30,31). The van der Waals surface area contributed by atoms with Gasteiger partial charge in [0.25, 0.3) is 0 Å². The third-order valence-corrected chi connectivity index (χ3v) is 7.15. The van der Waals surface area contributed by atoms with E-state index in [1.165, 1.54) is 17.3 Å². The fourth-order valence-corrected chi connectivity index (χ4v) is 4.91. The fraction of sp³-hybridized carbons (Fsp3) is 0.308. The first-order chi connectivity index (χ1) is 16.5. The zero-order valence-corrected chi connectivity index (χ0v) is 21.3. The van der Waals surface area contributed by atoms with Crippen LogP contribution in [0.1, 0.15) is 36.2 Å². The Bertz CT molecular complexity index is 1070. The summed E-state index contributed by atoms with van der Waals surface area (Å²) in [6.07, 6.45) is 3.12. The van der Waals surface area contributed by atoms with Gasteiger partial charge in [0.1, 0.15) is 11.5 Å². The fourth-order valence-electron chi connectivity index (χ4n) is 3.32. The van der Waals surface area contributed by atoms with Gasteiger partial charge in [-0.25, -0.2) is 0 Å². The molecule has 0 amide bonds. The molecule has 0 saturated heterocycles. The minimum absolute atomic E-state index is 0.00618. The third-order valence-electron chi connectivity index (χ3n) is 5.13. The van der Waals surface area contributed by atoms with Crippen LogP contribution in [0, 0.1) is 0 Å². The highest BCUT2D eigenvalue weighted by atomic mass is 35.5. The van der Waals surface area contributed by atoms with Crippen molar-refractivity contribution in [3.63, 3.8) is 0 Å². The largest absolute Gasteiger partial charge is 0.497 e. The Morgan fingerprint density at radius 2 is 1.74 bits per heavy atom. The van der Waals surface area contributed by atoms with Gasteiger partial charge in [0.2, 0.25) is 0 Å². The number of aromatic nitrogens is 1. The number of carboxylic acid groups (broad SMARTS) is 1. The second-order valence-corrected chi connectivity index (χ2v) is 9.43. The lowest BCUT2D eigenvalue weighted by Crippen LogP contribution is -2.06. The Kier molecular flexibility index (Phi) is 10.4. The number of ether oxygens (including phenoxy) is 2. The maximum absolute atomic E-state index is 11.1. The molecule has 5 nitrogen and oxygen atoms in total. The SMILES string of the molecule is COc1ccc(CCCCOc2ccc(CSc3c(Cl)cccc3Cl)nc2CCC(=O)O)cc1. The number of pyridine rings is 1. The second kappa shape index (κ2) is 13.5. The molecule has 0 aliphatic rings. The van der Waals surface area contributed by atoms with E-state index >= 15 is 0 Å². The predicted molar refractivity (Wildman–Crippen MR) is 138 cm³/mol. The van der Waals surface area contributed by atoms with Gasteiger partial charge in [0.15, 0.2) is 0 Å². The van der Waals surface area contributed by atoms with Gasteiger partial charge in [-0.2, -0.15) is 0 Å². The number of aliphatic carboxylic acids is 1. The number of hydrogen-bond acceptors (Lipinski definition) is 5. The summed E-state index contributed by atoms with van der Waals surface area (Å²) in [5.74, 6) is 1.18. The zero-order chi connectivity index (χ0) is 24.3. The van der Waals surface area contributed by atoms with Crippen molar-refractivity contribution in [3.8, 4) is 11.5 Å². The lowest BCUT2D eigenvalue weighted by Gasteiger charge is -2.13. The Morgan fingerprint density at radius 1 is 1.00 bits per heavy atom. The van der Waals surface area contributed by atoms with Gasteiger partial charge in [-0.1, -0.05) is 41.4 Å². The number of thioether (sulfide) groups is 1. The first kappa shape index (κ1) is 26.2. The van der Waals surface area contributed by atoms with Crippen LogP contribution < -0.4 is 9.47 Å². The molecule has 0 atom stereocenters. The molecule has 1 N–H and O–H groups in total. The number of benzene rings is 2. The van der Waals surface area contributed by atoms with Crippen molar-refractivity contribution in [2.24, 2.45) is 0 Å². The quantitative estimate of drug-likeness (QED) is 0.191. The number of halogens is 2. The van der Waals surface area contributed by atoms with E-state index in [2.05, 4.69) is 17.1 Å². The molecule has 1 aromatic heterocycles. The van der Waals surface area contributed by atoms with E-state index in [-0.39, 0.29) is 6.42 Å². The number of nitrogens with zero attached hydrogens (tertiary/aromatic N) is 1. The zero-order valence-electron chi connectivity index (χ0n) is 18.9. The highest BCUT2D eigenvalue weighted by molar-refractivity contribution is 7.98. The first-order valence-corrected chi connectivity index (χ1v) is 12.7. The van der Waals surface area contributed by atoms with Gasteiger partial charge in [0.05, 0.1) is 41.6 Å². The highest BCUT2D eigenvalue weighted by Crippen LogP contribution is 2.35. The van der Waals surface area contributed by atoms with Crippen LogP contribution in [0.4, 0.5) is 0 Å². The molecular formula is C26H27Cl2NO4S. The normalized spacial score (nSPS) is 10.8. The maximum Gasteiger partial charge on any atom is 0.303 e. The van der Waals surface area contributed by atoms with E-state index < -0.39 is 5.97 Å². The molecule has 3 aromatic rings. The number of methoxy groups -OCH3 is 1. The first-order valence-electron chi connectivity index (χ1n) is 11.0. The van der Waals surface area contributed by atoms with Crippen LogP contribution in [-0.4, -0.2) is 29.8 Å². The molecule has 34 heavy (non-hydrogen) atoms. The molecule has 1 heterocycles. The monoisotopic (exact) mass is 519 g/mol. The molecule has 0 fully saturated rings. The number of carbonyl (C=O) groups is 1. The number of unbranched alkanes of at least 4 members (excludes halogenated alkanes) is 1. The van der Waals surface area contributed by atoms with E-state index in [9.17, 15) is 4.79 Å². The molecule has 0 spiro atoms. The molecule has 0 saturated carbocycles. The summed E-state index contributed by atoms with van der Waals surface area (Å²) in [4.78, 5) is 16.6. The van der Waals surface area contributed by atoms with Crippen LogP contribution in [0.2, 0.25) is 10.0 Å². The minimum atomic E-state index is -0.866. The Hall–Kier alpha value is -2.41. The van der Waals surface area contributed by atoms with Crippen molar-refractivity contribution in [3.05, 3.63) is 81.6 Å². The molecule has 180 valence electrons. The summed E-state index contributed by atoms with van der Waals surface area (Å²) in [6, 6.07) is 17.2. The maximum atomic E-state index is 11.1. The van der Waals surface area contributed by atoms with E-state index in [0.29, 0.717) is 40.3 Å². The van der Waals surface area contributed by atoms with Gasteiger partial charge in [-0.15, -0.1) is 11.8 Å². The van der Waals surface area contributed by atoms with Crippen molar-refractivity contribution in [1.29, 1.82) is 0 Å². The van der Waals surface area contributed by atoms with E-state index in [0.717, 1.165) is 35.6 Å². The molecule has 3 rings (SSSR count). The molecular weight excluding hydrogens is 493 g/mol. The van der Waals surface area contributed by atoms with Crippen LogP contribution in [-0.2, 0) is 23.4 Å². The van der Waals surface area contributed by atoms with Crippen molar-refractivity contribution in [1.82, 2.24) is 4.98 Å². The Morgan fingerprint density at radius 3 is 2.41 bits per heavy atom. The van der Waals surface area contributed by atoms with Crippen molar-refractivity contribution in [2.45, 2.75) is 42.8 Å². The van der Waals surface area contributed by atoms with Crippen LogP contribution in [0.15, 0.2) is 59.5 Å². The minimum Gasteiger partial charge on any atom is -0.497 e. The Balaban J connectivity index is 1.56. The number of carboxylic acids is 1. The number of hydrogen-bond donors (Lipinski definition) is 1. The lowest BCUT2D eigenvalue weighted by atomic mass is 10.1. The molecule has 0 bridgehead atoms. The lowest BCUT2D eigenvalue weighted by molar-refractivity contribution is -0.136. The van der Waals surface area contributed by atoms with Gasteiger partial charge in [-0.05, 0) is 61.2 Å².